The first-order valence-corrected chi connectivity index (χ1v) is 10.3. The molecule has 1 aromatic rings. The Labute approximate surface area is 150 Å². The topological polar surface area (TPSA) is 24.9 Å². The Balaban J connectivity index is 1.47. The number of anilines is 1. The summed E-state index contributed by atoms with van der Waals surface area (Å²) in [5.41, 5.74) is 4.08. The summed E-state index contributed by atoms with van der Waals surface area (Å²) in [5, 5.41) is 3.88. The molecule has 1 unspecified atom stereocenters. The average molecular weight is 344 g/mol. The van der Waals surface area contributed by atoms with Crippen LogP contribution < -0.4 is 5.32 Å². The maximum Gasteiger partial charge on any atom is 0.129 e. The molecule has 3 heteroatoms. The molecule has 0 bridgehead atoms. The first-order valence-electron chi connectivity index (χ1n) is 9.76. The minimum atomic E-state index is 0.428. The first kappa shape index (κ1) is 17.9. The van der Waals surface area contributed by atoms with E-state index >= 15 is 0 Å². The Bertz CT molecular complexity index is 573. The van der Waals surface area contributed by atoms with Crippen molar-refractivity contribution < 1.29 is 0 Å². The van der Waals surface area contributed by atoms with Crippen LogP contribution in [0, 0.1) is 5.92 Å². The summed E-state index contributed by atoms with van der Waals surface area (Å²) >= 11 is 0. The molecule has 1 aliphatic carbocycles. The molecule has 2 aliphatic rings. The number of hydrogen-bond acceptors (Lipinski definition) is 2. The first-order chi connectivity index (χ1) is 11.6. The molecule has 24 heavy (non-hydrogen) atoms. The number of pyridine rings is 1. The van der Waals surface area contributed by atoms with Gasteiger partial charge >= 0.3 is 0 Å². The fourth-order valence-electron chi connectivity index (χ4n) is 4.20. The normalized spacial score (nSPS) is 26.5. The molecule has 2 nitrogen and oxygen atoms in total. The summed E-state index contributed by atoms with van der Waals surface area (Å²) in [4.78, 5) is 4.85. The molecule has 1 atom stereocenters. The fourth-order valence-corrected chi connectivity index (χ4v) is 4.82. The molecule has 0 radical (unpaired) electrons. The van der Waals surface area contributed by atoms with Crippen molar-refractivity contribution in [2.75, 3.05) is 11.9 Å². The Morgan fingerprint density at radius 2 is 2.17 bits per heavy atom. The van der Waals surface area contributed by atoms with Gasteiger partial charge in [0, 0.05) is 12.2 Å². The van der Waals surface area contributed by atoms with Gasteiger partial charge in [-0.1, -0.05) is 25.1 Å². The Morgan fingerprint density at radius 1 is 1.38 bits per heavy atom. The lowest BCUT2D eigenvalue weighted by Gasteiger charge is -2.38. The third-order valence-electron chi connectivity index (χ3n) is 5.96. The summed E-state index contributed by atoms with van der Waals surface area (Å²) in [6.07, 6.45) is 12.5. The van der Waals surface area contributed by atoms with Crippen LogP contribution in [0.25, 0.3) is 0 Å². The SMILES string of the molecule is C=C(CC)CC1(P)CCC(CCc2ccc3c(n2)NCCC3)CC1. The highest BCUT2D eigenvalue weighted by Gasteiger charge is 2.31. The van der Waals surface area contributed by atoms with Gasteiger partial charge in [0.05, 0.1) is 0 Å². The van der Waals surface area contributed by atoms with Gasteiger partial charge in [-0.05, 0) is 86.9 Å². The Morgan fingerprint density at radius 3 is 2.92 bits per heavy atom. The lowest BCUT2D eigenvalue weighted by atomic mass is 9.76. The van der Waals surface area contributed by atoms with Crippen molar-refractivity contribution in [3.05, 3.63) is 35.5 Å². The van der Waals surface area contributed by atoms with Gasteiger partial charge in [0.1, 0.15) is 5.82 Å². The largest absolute Gasteiger partial charge is 0.370 e. The second-order valence-electron chi connectivity index (χ2n) is 7.97. The molecule has 0 amide bonds. The maximum atomic E-state index is 4.85. The van der Waals surface area contributed by atoms with E-state index in [1.165, 1.54) is 68.2 Å². The zero-order valence-corrected chi connectivity index (χ0v) is 16.4. The molecule has 3 rings (SSSR count). The van der Waals surface area contributed by atoms with Gasteiger partial charge in [-0.2, -0.15) is 0 Å². The monoisotopic (exact) mass is 344 g/mol. The van der Waals surface area contributed by atoms with Gasteiger partial charge in [0.25, 0.3) is 0 Å². The number of nitrogens with zero attached hydrogens (tertiary/aromatic N) is 1. The van der Waals surface area contributed by atoms with Crippen LogP contribution in [0.1, 0.15) is 69.5 Å². The molecule has 2 heterocycles. The Kier molecular flexibility index (Phi) is 5.98. The van der Waals surface area contributed by atoms with E-state index in [2.05, 4.69) is 40.2 Å². The molecule has 1 fully saturated rings. The van der Waals surface area contributed by atoms with Crippen molar-refractivity contribution in [3.8, 4) is 0 Å². The molecule has 1 N–H and O–H groups in total. The molecule has 0 spiro atoms. The molecular formula is C21H33N2P. The molecule has 132 valence electrons. The molecule has 1 aliphatic heterocycles. The van der Waals surface area contributed by atoms with Gasteiger partial charge in [0.15, 0.2) is 0 Å². The second-order valence-corrected chi connectivity index (χ2v) is 9.19. The molecule has 1 saturated carbocycles. The van der Waals surface area contributed by atoms with E-state index in [1.807, 2.05) is 0 Å². The van der Waals surface area contributed by atoms with Crippen LogP contribution in [-0.4, -0.2) is 16.7 Å². The zero-order valence-electron chi connectivity index (χ0n) is 15.2. The predicted octanol–water partition coefficient (Wildman–Crippen LogP) is 5.53. The van der Waals surface area contributed by atoms with E-state index in [1.54, 1.807) is 0 Å². The highest BCUT2D eigenvalue weighted by atomic mass is 31.0. The number of aromatic nitrogens is 1. The van der Waals surface area contributed by atoms with E-state index in [0.717, 1.165) is 31.1 Å². The van der Waals surface area contributed by atoms with Crippen LogP contribution in [0.5, 0.6) is 0 Å². The third-order valence-corrected chi connectivity index (χ3v) is 6.75. The van der Waals surface area contributed by atoms with Crippen LogP contribution in [0.2, 0.25) is 0 Å². The molecule has 0 saturated heterocycles. The van der Waals surface area contributed by atoms with Gasteiger partial charge in [-0.3, -0.25) is 0 Å². The van der Waals surface area contributed by atoms with Crippen molar-refractivity contribution in [1.82, 2.24) is 4.98 Å². The zero-order chi connectivity index (χ0) is 17.0. The van der Waals surface area contributed by atoms with Crippen molar-refractivity contribution >= 4 is 15.1 Å². The van der Waals surface area contributed by atoms with Gasteiger partial charge in [-0.25, -0.2) is 4.98 Å². The lowest BCUT2D eigenvalue weighted by molar-refractivity contribution is 0.285. The molecule has 0 aromatic carbocycles. The number of nitrogens with one attached hydrogen (secondary N) is 1. The molecule has 1 aromatic heterocycles. The Hall–Kier alpha value is -0.880. The number of rotatable bonds is 6. The van der Waals surface area contributed by atoms with Crippen molar-refractivity contribution in [1.29, 1.82) is 0 Å². The van der Waals surface area contributed by atoms with Gasteiger partial charge in [-0.15, -0.1) is 9.24 Å². The van der Waals surface area contributed by atoms with Crippen LogP contribution in [0.3, 0.4) is 0 Å². The molecular weight excluding hydrogens is 311 g/mol. The van der Waals surface area contributed by atoms with E-state index in [4.69, 9.17) is 4.98 Å². The highest BCUT2D eigenvalue weighted by Crippen LogP contribution is 2.44. The van der Waals surface area contributed by atoms with E-state index < -0.39 is 0 Å². The van der Waals surface area contributed by atoms with Crippen LogP contribution in [0.4, 0.5) is 5.82 Å². The van der Waals surface area contributed by atoms with Gasteiger partial charge < -0.3 is 5.32 Å². The summed E-state index contributed by atoms with van der Waals surface area (Å²) in [7, 11) is 3.16. The highest BCUT2D eigenvalue weighted by molar-refractivity contribution is 7.19. The third kappa shape index (κ3) is 4.60. The van der Waals surface area contributed by atoms with Crippen molar-refractivity contribution in [3.63, 3.8) is 0 Å². The van der Waals surface area contributed by atoms with E-state index in [0.29, 0.717) is 5.16 Å². The summed E-state index contributed by atoms with van der Waals surface area (Å²) in [5.74, 6) is 2.02. The van der Waals surface area contributed by atoms with Crippen LogP contribution in [0.15, 0.2) is 24.3 Å². The summed E-state index contributed by atoms with van der Waals surface area (Å²) in [6.45, 7) is 7.51. The predicted molar refractivity (Wildman–Crippen MR) is 108 cm³/mol. The van der Waals surface area contributed by atoms with E-state index in [-0.39, 0.29) is 0 Å². The average Bonchev–Trinajstić information content (AvgIpc) is 2.61. The quantitative estimate of drug-likeness (QED) is 0.542. The minimum Gasteiger partial charge on any atom is -0.370 e. The standard InChI is InChI=1S/C21H33N2P/c1-3-16(2)15-21(24)12-10-17(11-13-21)6-8-19-9-7-18-5-4-14-22-20(18)23-19/h7,9,17H,2-6,8,10-15,24H2,1H3,(H,22,23). The number of aryl methyl sites for hydroxylation is 2. The van der Waals surface area contributed by atoms with Crippen molar-refractivity contribution in [2.24, 2.45) is 5.92 Å². The van der Waals surface area contributed by atoms with Crippen LogP contribution in [-0.2, 0) is 12.8 Å². The summed E-state index contributed by atoms with van der Waals surface area (Å²) in [6, 6.07) is 4.54. The second kappa shape index (κ2) is 8.00. The number of hydrogen-bond donors (Lipinski definition) is 1. The van der Waals surface area contributed by atoms with Gasteiger partial charge in [0.2, 0.25) is 0 Å². The van der Waals surface area contributed by atoms with Crippen molar-refractivity contribution in [2.45, 2.75) is 76.3 Å². The maximum absolute atomic E-state index is 4.85. The summed E-state index contributed by atoms with van der Waals surface area (Å²) < 4.78 is 0. The smallest absolute Gasteiger partial charge is 0.129 e. The minimum absolute atomic E-state index is 0.428. The lowest BCUT2D eigenvalue weighted by Crippen LogP contribution is -2.28. The number of fused-ring (bicyclic) bond motifs is 1. The number of allylic oxidation sites excluding steroid dienone is 1. The van der Waals surface area contributed by atoms with Crippen LogP contribution >= 0.6 is 9.24 Å². The van der Waals surface area contributed by atoms with E-state index in [9.17, 15) is 0 Å². The fraction of sp³-hybridized carbons (Fsp3) is 0.667.